The Labute approximate surface area is 109 Å². The number of ether oxygens (including phenoxy) is 2. The summed E-state index contributed by atoms with van der Waals surface area (Å²) in [5, 5.41) is 13.3. The first kappa shape index (κ1) is 15.0. The van der Waals surface area contributed by atoms with Gasteiger partial charge in [0.05, 0.1) is 19.8 Å². The number of methoxy groups -OCH3 is 1. The largest absolute Gasteiger partial charge is 0.497 e. The van der Waals surface area contributed by atoms with Crippen molar-refractivity contribution in [2.75, 3.05) is 26.9 Å². The number of aliphatic hydroxyl groups is 1. The number of hydrogen-bond acceptors (Lipinski definition) is 4. The van der Waals surface area contributed by atoms with Gasteiger partial charge in [-0.3, -0.25) is 0 Å². The average Bonchev–Trinajstić information content (AvgIpc) is 2.42. The van der Waals surface area contributed by atoms with E-state index in [9.17, 15) is 5.11 Å². The van der Waals surface area contributed by atoms with Gasteiger partial charge in [-0.15, -0.1) is 0 Å². The Bertz CT molecular complexity index is 344. The smallest absolute Gasteiger partial charge is 0.119 e. The number of rotatable bonds is 8. The topological polar surface area (TPSA) is 50.7 Å². The Balaban J connectivity index is 2.41. The third-order valence-corrected chi connectivity index (χ3v) is 2.71. The summed E-state index contributed by atoms with van der Waals surface area (Å²) < 4.78 is 10.4. The summed E-state index contributed by atoms with van der Waals surface area (Å²) in [4.78, 5) is 0. The highest BCUT2D eigenvalue weighted by atomic mass is 16.5. The van der Waals surface area contributed by atoms with Gasteiger partial charge in [0.15, 0.2) is 0 Å². The average molecular weight is 253 g/mol. The van der Waals surface area contributed by atoms with Crippen molar-refractivity contribution in [2.45, 2.75) is 26.0 Å². The molecular weight excluding hydrogens is 230 g/mol. The highest BCUT2D eigenvalue weighted by Crippen LogP contribution is 2.18. The molecule has 0 fully saturated rings. The minimum Gasteiger partial charge on any atom is -0.497 e. The van der Waals surface area contributed by atoms with Crippen molar-refractivity contribution in [1.29, 1.82) is 0 Å². The maximum absolute atomic E-state index is 10.1. The van der Waals surface area contributed by atoms with E-state index in [-0.39, 0.29) is 6.04 Å². The fraction of sp³-hybridized carbons (Fsp3) is 0.571. The van der Waals surface area contributed by atoms with Gasteiger partial charge in [0, 0.05) is 19.2 Å². The van der Waals surface area contributed by atoms with Gasteiger partial charge in [-0.05, 0) is 31.5 Å². The fourth-order valence-electron chi connectivity index (χ4n) is 1.63. The van der Waals surface area contributed by atoms with Gasteiger partial charge in [0.1, 0.15) is 5.75 Å². The van der Waals surface area contributed by atoms with Crippen LogP contribution in [0.25, 0.3) is 0 Å². The number of aliphatic hydroxyl groups excluding tert-OH is 1. The van der Waals surface area contributed by atoms with Crippen molar-refractivity contribution in [3.8, 4) is 5.75 Å². The molecule has 18 heavy (non-hydrogen) atoms. The maximum atomic E-state index is 10.1. The molecule has 0 aliphatic heterocycles. The van der Waals surface area contributed by atoms with Crippen LogP contribution in [0.2, 0.25) is 0 Å². The molecule has 0 spiro atoms. The SMILES string of the molecule is CCOCC(C)NCC(O)c1cccc(OC)c1. The van der Waals surface area contributed by atoms with Crippen LogP contribution < -0.4 is 10.1 Å². The van der Waals surface area contributed by atoms with Gasteiger partial charge in [-0.1, -0.05) is 12.1 Å². The number of benzene rings is 1. The van der Waals surface area contributed by atoms with Crippen molar-refractivity contribution in [3.63, 3.8) is 0 Å². The van der Waals surface area contributed by atoms with E-state index >= 15 is 0 Å². The lowest BCUT2D eigenvalue weighted by molar-refractivity contribution is 0.116. The van der Waals surface area contributed by atoms with Crippen LogP contribution in [-0.4, -0.2) is 38.0 Å². The molecule has 1 rings (SSSR count). The van der Waals surface area contributed by atoms with E-state index in [1.54, 1.807) is 7.11 Å². The zero-order valence-corrected chi connectivity index (χ0v) is 11.3. The molecule has 4 heteroatoms. The lowest BCUT2D eigenvalue weighted by Crippen LogP contribution is -2.33. The van der Waals surface area contributed by atoms with Gasteiger partial charge in [-0.2, -0.15) is 0 Å². The molecule has 0 bridgehead atoms. The van der Waals surface area contributed by atoms with Crippen molar-refractivity contribution in [1.82, 2.24) is 5.32 Å². The second-order valence-electron chi connectivity index (χ2n) is 4.26. The molecule has 0 heterocycles. The fourth-order valence-corrected chi connectivity index (χ4v) is 1.63. The van der Waals surface area contributed by atoms with Gasteiger partial charge in [0.25, 0.3) is 0 Å². The van der Waals surface area contributed by atoms with Gasteiger partial charge < -0.3 is 19.9 Å². The van der Waals surface area contributed by atoms with E-state index in [1.165, 1.54) is 0 Å². The zero-order valence-electron chi connectivity index (χ0n) is 11.3. The highest BCUT2D eigenvalue weighted by molar-refractivity contribution is 5.29. The third kappa shape index (κ3) is 5.04. The lowest BCUT2D eigenvalue weighted by Gasteiger charge is -2.17. The monoisotopic (exact) mass is 253 g/mol. The quantitative estimate of drug-likeness (QED) is 0.741. The van der Waals surface area contributed by atoms with Crippen molar-refractivity contribution in [3.05, 3.63) is 29.8 Å². The van der Waals surface area contributed by atoms with E-state index in [2.05, 4.69) is 5.32 Å². The minimum atomic E-state index is -0.538. The molecular formula is C14H23NO3. The van der Waals surface area contributed by atoms with E-state index in [1.807, 2.05) is 38.1 Å². The van der Waals surface area contributed by atoms with Crippen LogP contribution in [0.4, 0.5) is 0 Å². The normalized spacial score (nSPS) is 14.2. The molecule has 1 aromatic rings. The molecule has 0 amide bonds. The molecule has 1 aromatic carbocycles. The third-order valence-electron chi connectivity index (χ3n) is 2.71. The molecule has 0 aliphatic rings. The van der Waals surface area contributed by atoms with Crippen LogP contribution in [0, 0.1) is 0 Å². The second kappa shape index (κ2) is 8.08. The molecule has 0 aromatic heterocycles. The first-order chi connectivity index (χ1) is 8.67. The van der Waals surface area contributed by atoms with Crippen LogP contribution in [-0.2, 0) is 4.74 Å². The standard InChI is InChI=1S/C14H23NO3/c1-4-18-10-11(2)15-9-14(16)12-6-5-7-13(8-12)17-3/h5-8,11,14-16H,4,9-10H2,1-3H3. The number of hydrogen-bond donors (Lipinski definition) is 2. The molecule has 0 saturated heterocycles. The summed E-state index contributed by atoms with van der Waals surface area (Å²) in [6, 6.07) is 7.70. The molecule has 0 radical (unpaired) electrons. The molecule has 102 valence electrons. The van der Waals surface area contributed by atoms with Crippen LogP contribution in [0.3, 0.4) is 0 Å². The molecule has 0 saturated carbocycles. The molecule has 4 nitrogen and oxygen atoms in total. The van der Waals surface area contributed by atoms with E-state index in [0.29, 0.717) is 19.8 Å². The van der Waals surface area contributed by atoms with Gasteiger partial charge in [0.2, 0.25) is 0 Å². The van der Waals surface area contributed by atoms with Crippen LogP contribution in [0.5, 0.6) is 5.75 Å². The molecule has 2 N–H and O–H groups in total. The molecule has 2 atom stereocenters. The second-order valence-corrected chi connectivity index (χ2v) is 4.26. The molecule has 2 unspecified atom stereocenters. The van der Waals surface area contributed by atoms with E-state index < -0.39 is 6.10 Å². The van der Waals surface area contributed by atoms with E-state index in [0.717, 1.165) is 11.3 Å². The summed E-state index contributed by atoms with van der Waals surface area (Å²) >= 11 is 0. The maximum Gasteiger partial charge on any atom is 0.119 e. The molecule has 0 aliphatic carbocycles. The first-order valence-electron chi connectivity index (χ1n) is 6.30. The summed E-state index contributed by atoms with van der Waals surface area (Å²) in [7, 11) is 1.62. The zero-order chi connectivity index (χ0) is 13.4. The summed E-state index contributed by atoms with van der Waals surface area (Å²) in [6.45, 7) is 5.87. The Hall–Kier alpha value is -1.10. The van der Waals surface area contributed by atoms with Gasteiger partial charge in [-0.25, -0.2) is 0 Å². The predicted octanol–water partition coefficient (Wildman–Crippen LogP) is 1.74. The Morgan fingerprint density at radius 1 is 1.39 bits per heavy atom. The first-order valence-corrected chi connectivity index (χ1v) is 6.30. The van der Waals surface area contributed by atoms with Crippen molar-refractivity contribution in [2.24, 2.45) is 0 Å². The number of nitrogens with one attached hydrogen (secondary N) is 1. The summed E-state index contributed by atoms with van der Waals surface area (Å²) in [5.41, 5.74) is 0.852. The minimum absolute atomic E-state index is 0.227. The van der Waals surface area contributed by atoms with Crippen LogP contribution >= 0.6 is 0 Å². The Morgan fingerprint density at radius 2 is 2.17 bits per heavy atom. The lowest BCUT2D eigenvalue weighted by atomic mass is 10.1. The van der Waals surface area contributed by atoms with E-state index in [4.69, 9.17) is 9.47 Å². The van der Waals surface area contributed by atoms with Crippen LogP contribution in [0.1, 0.15) is 25.5 Å². The Morgan fingerprint density at radius 3 is 2.83 bits per heavy atom. The summed E-state index contributed by atoms with van der Waals surface area (Å²) in [5.74, 6) is 0.758. The highest BCUT2D eigenvalue weighted by Gasteiger charge is 2.10. The Kier molecular flexibility index (Phi) is 6.72. The predicted molar refractivity (Wildman–Crippen MR) is 71.9 cm³/mol. The van der Waals surface area contributed by atoms with Gasteiger partial charge >= 0.3 is 0 Å². The van der Waals surface area contributed by atoms with Crippen molar-refractivity contribution >= 4 is 0 Å². The van der Waals surface area contributed by atoms with Crippen molar-refractivity contribution < 1.29 is 14.6 Å². The van der Waals surface area contributed by atoms with Crippen LogP contribution in [0.15, 0.2) is 24.3 Å². The summed E-state index contributed by atoms with van der Waals surface area (Å²) in [6.07, 6.45) is -0.538.